The number of nitrogens with one attached hydrogen (secondary N) is 1. The zero-order valence-corrected chi connectivity index (χ0v) is 11.6. The molecule has 0 heterocycles. The molecule has 0 spiro atoms. The second-order valence-corrected chi connectivity index (χ2v) is 6.11. The zero-order valence-electron chi connectivity index (χ0n) is 10.9. The largest absolute Gasteiger partial charge is 0.388 e. The normalized spacial score (nSPS) is 20.7. The lowest BCUT2D eigenvalue weighted by Gasteiger charge is -2.29. The highest BCUT2D eigenvalue weighted by Gasteiger charge is 2.31. The van der Waals surface area contributed by atoms with E-state index in [1.807, 2.05) is 13.8 Å². The molecular weight excluding hydrogens is 238 g/mol. The number of amides is 1. The molecule has 1 amide bonds. The van der Waals surface area contributed by atoms with Crippen LogP contribution < -0.4 is 5.32 Å². The summed E-state index contributed by atoms with van der Waals surface area (Å²) in [5.74, 6) is 0.210. The molecule has 0 atom stereocenters. The fourth-order valence-electron chi connectivity index (χ4n) is 2.11. The highest BCUT2D eigenvalue weighted by molar-refractivity contribution is 6.19. The van der Waals surface area contributed by atoms with E-state index in [-0.39, 0.29) is 11.8 Å². The molecule has 17 heavy (non-hydrogen) atoms. The van der Waals surface area contributed by atoms with E-state index in [0.29, 0.717) is 6.54 Å². The van der Waals surface area contributed by atoms with E-state index in [2.05, 4.69) is 5.32 Å². The SMILES string of the molecule is CC(C)(CCl)C(=O)NCC1(O)CCCCCC1. The molecule has 0 saturated heterocycles. The van der Waals surface area contributed by atoms with E-state index in [1.165, 1.54) is 12.8 Å². The third-order valence-electron chi connectivity index (χ3n) is 3.56. The summed E-state index contributed by atoms with van der Waals surface area (Å²) in [6.45, 7) is 3.98. The van der Waals surface area contributed by atoms with Crippen molar-refractivity contribution in [3.8, 4) is 0 Å². The molecule has 1 aliphatic rings. The van der Waals surface area contributed by atoms with Gasteiger partial charge in [0.1, 0.15) is 0 Å². The Bertz CT molecular complexity index is 258. The maximum atomic E-state index is 11.9. The van der Waals surface area contributed by atoms with Gasteiger partial charge in [-0.2, -0.15) is 0 Å². The highest BCUT2D eigenvalue weighted by Crippen LogP contribution is 2.26. The fourth-order valence-corrected chi connectivity index (χ4v) is 2.23. The molecule has 0 radical (unpaired) electrons. The molecule has 2 N–H and O–H groups in total. The van der Waals surface area contributed by atoms with Crippen LogP contribution in [0.25, 0.3) is 0 Å². The summed E-state index contributed by atoms with van der Waals surface area (Å²) < 4.78 is 0. The second kappa shape index (κ2) is 6.05. The Labute approximate surface area is 109 Å². The van der Waals surface area contributed by atoms with Gasteiger partial charge in [-0.05, 0) is 26.7 Å². The van der Waals surface area contributed by atoms with Crippen LogP contribution in [0.1, 0.15) is 52.4 Å². The Balaban J connectivity index is 2.46. The van der Waals surface area contributed by atoms with Gasteiger partial charge in [0, 0.05) is 12.4 Å². The number of carbonyl (C=O) groups is 1. The van der Waals surface area contributed by atoms with Gasteiger partial charge < -0.3 is 10.4 Å². The van der Waals surface area contributed by atoms with Crippen molar-refractivity contribution in [3.05, 3.63) is 0 Å². The minimum Gasteiger partial charge on any atom is -0.388 e. The smallest absolute Gasteiger partial charge is 0.226 e. The third kappa shape index (κ3) is 4.47. The van der Waals surface area contributed by atoms with E-state index in [9.17, 15) is 9.90 Å². The average molecular weight is 262 g/mol. The van der Waals surface area contributed by atoms with Gasteiger partial charge in [0.25, 0.3) is 0 Å². The van der Waals surface area contributed by atoms with Gasteiger partial charge in [-0.15, -0.1) is 11.6 Å². The van der Waals surface area contributed by atoms with Crippen molar-refractivity contribution in [1.82, 2.24) is 5.32 Å². The lowest BCUT2D eigenvalue weighted by molar-refractivity contribution is -0.129. The van der Waals surface area contributed by atoms with Gasteiger partial charge in [-0.3, -0.25) is 4.79 Å². The summed E-state index contributed by atoms with van der Waals surface area (Å²) in [7, 11) is 0. The summed E-state index contributed by atoms with van der Waals surface area (Å²) in [6.07, 6.45) is 6.03. The van der Waals surface area contributed by atoms with Crippen LogP contribution in [0.5, 0.6) is 0 Å². The van der Waals surface area contributed by atoms with E-state index in [0.717, 1.165) is 25.7 Å². The quantitative estimate of drug-likeness (QED) is 0.603. The van der Waals surface area contributed by atoms with Gasteiger partial charge in [0.2, 0.25) is 5.91 Å². The molecule has 1 rings (SSSR count). The van der Waals surface area contributed by atoms with Gasteiger partial charge in [-0.1, -0.05) is 25.7 Å². The summed E-state index contributed by atoms with van der Waals surface area (Å²) in [5, 5.41) is 13.2. The van der Waals surface area contributed by atoms with E-state index >= 15 is 0 Å². The minimum absolute atomic E-state index is 0.0785. The van der Waals surface area contributed by atoms with Crippen LogP contribution in [0.15, 0.2) is 0 Å². The van der Waals surface area contributed by atoms with Crippen molar-refractivity contribution >= 4 is 17.5 Å². The van der Waals surface area contributed by atoms with Crippen molar-refractivity contribution < 1.29 is 9.90 Å². The maximum Gasteiger partial charge on any atom is 0.226 e. The monoisotopic (exact) mass is 261 g/mol. The van der Waals surface area contributed by atoms with E-state index < -0.39 is 11.0 Å². The summed E-state index contributed by atoms with van der Waals surface area (Å²) >= 11 is 5.75. The molecule has 0 bridgehead atoms. The first-order chi connectivity index (χ1) is 7.90. The molecule has 1 aliphatic carbocycles. The van der Waals surface area contributed by atoms with Gasteiger partial charge in [-0.25, -0.2) is 0 Å². The molecule has 0 aromatic carbocycles. The van der Waals surface area contributed by atoms with Crippen LogP contribution in [-0.2, 0) is 4.79 Å². The molecule has 0 unspecified atom stereocenters. The Morgan fingerprint density at radius 2 is 1.82 bits per heavy atom. The van der Waals surface area contributed by atoms with Crippen LogP contribution in [-0.4, -0.2) is 29.0 Å². The summed E-state index contributed by atoms with van der Waals surface area (Å²) in [6, 6.07) is 0. The van der Waals surface area contributed by atoms with Crippen LogP contribution in [0, 0.1) is 5.41 Å². The lowest BCUT2D eigenvalue weighted by Crippen LogP contribution is -2.47. The third-order valence-corrected chi connectivity index (χ3v) is 4.23. The van der Waals surface area contributed by atoms with Crippen molar-refractivity contribution in [2.75, 3.05) is 12.4 Å². The van der Waals surface area contributed by atoms with Crippen molar-refractivity contribution in [2.45, 2.75) is 58.0 Å². The first-order valence-electron chi connectivity index (χ1n) is 6.46. The summed E-state index contributed by atoms with van der Waals surface area (Å²) in [5.41, 5.74) is -1.28. The first-order valence-corrected chi connectivity index (χ1v) is 7.00. The molecule has 100 valence electrons. The van der Waals surface area contributed by atoms with Crippen LogP contribution in [0.2, 0.25) is 0 Å². The molecule has 1 saturated carbocycles. The first kappa shape index (κ1) is 14.8. The van der Waals surface area contributed by atoms with Crippen molar-refractivity contribution in [3.63, 3.8) is 0 Å². The van der Waals surface area contributed by atoms with Crippen LogP contribution in [0.3, 0.4) is 0 Å². The maximum absolute atomic E-state index is 11.9. The number of alkyl halides is 1. The molecule has 0 aliphatic heterocycles. The highest BCUT2D eigenvalue weighted by atomic mass is 35.5. The molecular formula is C13H24ClNO2. The number of aliphatic hydroxyl groups is 1. The van der Waals surface area contributed by atoms with Gasteiger partial charge in [0.15, 0.2) is 0 Å². The van der Waals surface area contributed by atoms with E-state index in [4.69, 9.17) is 11.6 Å². The van der Waals surface area contributed by atoms with Crippen LogP contribution in [0.4, 0.5) is 0 Å². The second-order valence-electron chi connectivity index (χ2n) is 5.84. The number of halogens is 1. The van der Waals surface area contributed by atoms with Gasteiger partial charge >= 0.3 is 0 Å². The van der Waals surface area contributed by atoms with Gasteiger partial charge in [0.05, 0.1) is 11.0 Å². The molecule has 4 heteroatoms. The van der Waals surface area contributed by atoms with E-state index in [1.54, 1.807) is 0 Å². The Morgan fingerprint density at radius 3 is 2.29 bits per heavy atom. The minimum atomic E-state index is -0.714. The predicted octanol–water partition coefficient (Wildman–Crippen LogP) is 2.45. The lowest BCUT2D eigenvalue weighted by atomic mass is 9.92. The number of hydrogen-bond acceptors (Lipinski definition) is 2. The Kier molecular flexibility index (Phi) is 5.26. The number of rotatable bonds is 4. The molecule has 1 fully saturated rings. The number of hydrogen-bond donors (Lipinski definition) is 2. The van der Waals surface area contributed by atoms with Crippen molar-refractivity contribution in [2.24, 2.45) is 5.41 Å². The molecule has 0 aromatic heterocycles. The van der Waals surface area contributed by atoms with Crippen LogP contribution >= 0.6 is 11.6 Å². The standard InChI is InChI=1S/C13H24ClNO2/c1-12(2,9-14)11(16)15-10-13(17)7-5-3-4-6-8-13/h17H,3-10H2,1-2H3,(H,15,16). The average Bonchev–Trinajstić information content (AvgIpc) is 2.51. The fraction of sp³-hybridized carbons (Fsp3) is 0.923. The molecule has 0 aromatic rings. The molecule has 3 nitrogen and oxygen atoms in total. The Hall–Kier alpha value is -0.280. The number of carbonyl (C=O) groups excluding carboxylic acids is 1. The zero-order chi connectivity index (χ0) is 12.9. The van der Waals surface area contributed by atoms with Crippen molar-refractivity contribution in [1.29, 1.82) is 0 Å². The Morgan fingerprint density at radius 1 is 1.29 bits per heavy atom. The predicted molar refractivity (Wildman–Crippen MR) is 70.2 cm³/mol. The topological polar surface area (TPSA) is 49.3 Å². The summed E-state index contributed by atoms with van der Waals surface area (Å²) in [4.78, 5) is 11.9.